The lowest BCUT2D eigenvalue weighted by atomic mass is 9.62. The Kier molecular flexibility index (Phi) is 8.27. The fraction of sp³-hybridized carbons (Fsp3) is 0.868. The Morgan fingerprint density at radius 3 is 1.60 bits per heavy atom. The molecule has 13 atom stereocenters. The summed E-state index contributed by atoms with van der Waals surface area (Å²) in [6.45, 7) is 14.6. The summed E-state index contributed by atoms with van der Waals surface area (Å²) in [6.07, 6.45) is -3.32. The second-order valence-corrected chi connectivity index (χ2v) is 18.1. The second-order valence-electron chi connectivity index (χ2n) is 18.1. The third-order valence-corrected chi connectivity index (χ3v) is 12.7. The van der Waals surface area contributed by atoms with E-state index < -0.39 is 107 Å². The summed E-state index contributed by atoms with van der Waals surface area (Å²) >= 11 is 0. The molecule has 2 saturated carbocycles. The number of rotatable bonds is 7. The van der Waals surface area contributed by atoms with Crippen molar-refractivity contribution >= 4 is 18.2 Å². The standard InChI is InChI=1S/C38H52O15/c1-33(2)42-14-19(48-33)23-25(27-31(46-23)52-35(5,6)50-27)44-29(40)21-22(38-12-9-10-18(38)11-13-37(21,16-38)17-39)30(41)45-26-24(20-15-43-34(3,4)49-20)47-32-28(26)51-36(7,8)53-32/h17-20,23-28,31-32H,9-16H2,1-8H3/t18-,19+,20+,23+,24+,25-,26-,27+,28+,31+,32+,37+,38+/m0/s1. The number of hydrogen-bond acceptors (Lipinski definition) is 15. The molecule has 0 aromatic heterocycles. The SMILES string of the molecule is CC1(C)O[C@H]2O[C@H]([C@H]3COC(C)(C)O3)[C@H](OC(=O)C3=C(C(=O)O[C@@H]4[C@H]5OC(C)(C)O[C@H]5O[C@@H]4[C@H]4COC(C)(C)O4)[C@@]45CCC[C@H]4CC[C@]3(C=O)C5)[C@H]2O1. The molecule has 0 N–H and O–H groups in total. The average Bonchev–Trinajstić information content (AvgIpc) is 3.93. The zero-order valence-electron chi connectivity index (χ0n) is 31.7. The number of carbonyl (C=O) groups is 3. The Hall–Kier alpha value is -2.05. The van der Waals surface area contributed by atoms with E-state index in [9.17, 15) is 9.59 Å². The van der Waals surface area contributed by atoms with Gasteiger partial charge in [0.2, 0.25) is 0 Å². The maximum absolute atomic E-state index is 15.0. The van der Waals surface area contributed by atoms with Gasteiger partial charge in [0.05, 0.1) is 29.8 Å². The van der Waals surface area contributed by atoms with E-state index >= 15 is 4.79 Å². The highest BCUT2D eigenvalue weighted by atomic mass is 16.9. The van der Waals surface area contributed by atoms with Crippen molar-refractivity contribution in [3.05, 3.63) is 11.1 Å². The largest absolute Gasteiger partial charge is 0.453 e. The lowest BCUT2D eigenvalue weighted by Gasteiger charge is -2.41. The fourth-order valence-electron chi connectivity index (χ4n) is 10.8. The summed E-state index contributed by atoms with van der Waals surface area (Å²) in [7, 11) is 0. The maximum atomic E-state index is 15.0. The van der Waals surface area contributed by atoms with Gasteiger partial charge in [0, 0.05) is 5.41 Å². The minimum atomic E-state index is -1.24. The summed E-state index contributed by atoms with van der Waals surface area (Å²) in [6, 6.07) is 0. The van der Waals surface area contributed by atoms with Crippen LogP contribution in [0.4, 0.5) is 0 Å². The maximum Gasteiger partial charge on any atom is 0.336 e. The average molecular weight is 749 g/mol. The van der Waals surface area contributed by atoms with Crippen LogP contribution < -0.4 is 0 Å². The van der Waals surface area contributed by atoms with Crippen LogP contribution in [-0.4, -0.2) is 116 Å². The first kappa shape index (κ1) is 36.6. The summed E-state index contributed by atoms with van der Waals surface area (Å²) < 4.78 is 74.1. The normalized spacial score (nSPS) is 48.1. The zero-order chi connectivity index (χ0) is 37.5. The number of esters is 2. The molecular weight excluding hydrogens is 696 g/mol. The quantitative estimate of drug-likeness (QED) is 0.275. The number of aldehydes is 1. The molecule has 6 aliphatic heterocycles. The number of hydrogen-bond donors (Lipinski definition) is 0. The van der Waals surface area contributed by atoms with Gasteiger partial charge in [-0.3, -0.25) is 0 Å². The van der Waals surface area contributed by atoms with Crippen LogP contribution in [0.15, 0.2) is 11.1 Å². The fourth-order valence-corrected chi connectivity index (χ4v) is 10.8. The highest BCUT2D eigenvalue weighted by Crippen LogP contribution is 2.69. The van der Waals surface area contributed by atoms with Gasteiger partial charge >= 0.3 is 11.9 Å². The molecule has 294 valence electrons. The Morgan fingerprint density at radius 1 is 0.623 bits per heavy atom. The number of ether oxygens (including phenoxy) is 12. The van der Waals surface area contributed by atoms with Crippen molar-refractivity contribution in [1.82, 2.24) is 0 Å². The highest BCUT2D eigenvalue weighted by molar-refractivity contribution is 6.07. The third-order valence-electron chi connectivity index (χ3n) is 12.7. The van der Waals surface area contributed by atoms with E-state index in [4.69, 9.17) is 56.8 Å². The van der Waals surface area contributed by atoms with Crippen molar-refractivity contribution in [2.75, 3.05) is 13.2 Å². The molecule has 0 radical (unpaired) electrons. The molecule has 1 spiro atoms. The first-order valence-electron chi connectivity index (χ1n) is 19.1. The van der Waals surface area contributed by atoms with Gasteiger partial charge in [-0.05, 0) is 93.4 Å². The van der Waals surface area contributed by atoms with E-state index in [1.54, 1.807) is 55.4 Å². The molecule has 15 nitrogen and oxygen atoms in total. The predicted octanol–water partition coefficient (Wildman–Crippen LogP) is 3.33. The molecule has 0 aromatic carbocycles. The van der Waals surface area contributed by atoms with Crippen molar-refractivity contribution < 1.29 is 71.2 Å². The van der Waals surface area contributed by atoms with Gasteiger partial charge < -0.3 is 61.6 Å². The van der Waals surface area contributed by atoms with Crippen LogP contribution in [0.3, 0.4) is 0 Å². The van der Waals surface area contributed by atoms with Gasteiger partial charge in [-0.2, -0.15) is 0 Å². The van der Waals surface area contributed by atoms with Crippen LogP contribution in [0.25, 0.3) is 0 Å². The number of carbonyl (C=O) groups excluding carboxylic acids is 3. The second kappa shape index (κ2) is 12.0. The molecule has 53 heavy (non-hydrogen) atoms. The van der Waals surface area contributed by atoms with Crippen LogP contribution in [0.5, 0.6) is 0 Å². The lowest BCUT2D eigenvalue weighted by Crippen LogP contribution is -2.46. The van der Waals surface area contributed by atoms with Crippen molar-refractivity contribution in [3.63, 3.8) is 0 Å². The van der Waals surface area contributed by atoms with Crippen LogP contribution >= 0.6 is 0 Å². The Bertz CT molecular complexity index is 1590. The van der Waals surface area contributed by atoms with Gasteiger partial charge in [0.15, 0.2) is 60.1 Å². The van der Waals surface area contributed by atoms with Crippen LogP contribution in [0, 0.1) is 16.7 Å². The van der Waals surface area contributed by atoms with Gasteiger partial charge in [0.1, 0.15) is 30.7 Å². The molecule has 0 amide bonds. The van der Waals surface area contributed by atoms with E-state index in [2.05, 4.69) is 0 Å². The van der Waals surface area contributed by atoms with Crippen molar-refractivity contribution in [2.45, 2.75) is 178 Å². The molecule has 6 heterocycles. The van der Waals surface area contributed by atoms with Gasteiger partial charge in [-0.25, -0.2) is 9.59 Å². The highest BCUT2D eigenvalue weighted by Gasteiger charge is 2.68. The summed E-state index contributed by atoms with van der Waals surface area (Å²) in [5, 5.41) is 0. The van der Waals surface area contributed by atoms with Crippen molar-refractivity contribution in [3.8, 4) is 0 Å². The van der Waals surface area contributed by atoms with Crippen LogP contribution in [0.2, 0.25) is 0 Å². The third kappa shape index (κ3) is 5.86. The Balaban J connectivity index is 1.08. The summed E-state index contributed by atoms with van der Waals surface area (Å²) in [5.74, 6) is -5.14. The molecule has 9 aliphatic rings. The first-order valence-corrected chi connectivity index (χ1v) is 19.1. The van der Waals surface area contributed by atoms with E-state index in [1.807, 2.05) is 0 Å². The molecule has 3 aliphatic carbocycles. The number of fused-ring (bicyclic) bond motifs is 3. The van der Waals surface area contributed by atoms with E-state index in [0.717, 1.165) is 19.1 Å². The molecule has 9 rings (SSSR count). The molecular formula is C38H52O15. The van der Waals surface area contributed by atoms with Gasteiger partial charge in [0.25, 0.3) is 0 Å². The monoisotopic (exact) mass is 748 g/mol. The summed E-state index contributed by atoms with van der Waals surface area (Å²) in [5.41, 5.74) is -1.73. The topological polar surface area (TPSA) is 162 Å². The van der Waals surface area contributed by atoms with Crippen LogP contribution in [-0.2, 0) is 71.2 Å². The Morgan fingerprint density at radius 2 is 1.13 bits per heavy atom. The zero-order valence-corrected chi connectivity index (χ0v) is 31.7. The van der Waals surface area contributed by atoms with Crippen LogP contribution in [0.1, 0.15) is 93.9 Å². The molecule has 2 bridgehead atoms. The van der Waals surface area contributed by atoms with E-state index in [0.29, 0.717) is 25.7 Å². The van der Waals surface area contributed by atoms with Crippen molar-refractivity contribution in [2.24, 2.45) is 16.7 Å². The molecule has 0 unspecified atom stereocenters. The van der Waals surface area contributed by atoms with Gasteiger partial charge in [-0.1, -0.05) is 6.42 Å². The van der Waals surface area contributed by atoms with Gasteiger partial charge in [-0.15, -0.1) is 0 Å². The summed E-state index contributed by atoms with van der Waals surface area (Å²) in [4.78, 5) is 43.3. The minimum absolute atomic E-state index is 0.0451. The smallest absolute Gasteiger partial charge is 0.336 e. The van der Waals surface area contributed by atoms with E-state index in [1.165, 1.54) is 0 Å². The lowest BCUT2D eigenvalue weighted by molar-refractivity contribution is -0.235. The Labute approximate surface area is 308 Å². The molecule has 8 fully saturated rings. The molecule has 0 aromatic rings. The molecule has 6 saturated heterocycles. The first-order chi connectivity index (χ1) is 24.8. The predicted molar refractivity (Wildman–Crippen MR) is 176 cm³/mol. The minimum Gasteiger partial charge on any atom is -0.453 e. The molecule has 15 heteroatoms. The van der Waals surface area contributed by atoms with Crippen molar-refractivity contribution in [1.29, 1.82) is 0 Å². The van der Waals surface area contributed by atoms with E-state index in [-0.39, 0.29) is 30.3 Å².